The van der Waals surface area contributed by atoms with Crippen molar-refractivity contribution < 1.29 is 0 Å². The SMILES string of the molecule is NCC1(c2nnc3ccccn23)CCC1. The van der Waals surface area contributed by atoms with Crippen molar-refractivity contribution >= 4 is 5.65 Å². The molecule has 1 saturated carbocycles. The van der Waals surface area contributed by atoms with E-state index in [1.54, 1.807) is 0 Å². The summed E-state index contributed by atoms with van der Waals surface area (Å²) >= 11 is 0. The van der Waals surface area contributed by atoms with Crippen LogP contribution in [0.1, 0.15) is 25.1 Å². The van der Waals surface area contributed by atoms with Gasteiger partial charge >= 0.3 is 0 Å². The Kier molecular flexibility index (Phi) is 1.79. The van der Waals surface area contributed by atoms with Gasteiger partial charge in [0.05, 0.1) is 0 Å². The molecule has 4 nitrogen and oxygen atoms in total. The second kappa shape index (κ2) is 3.03. The zero-order chi connectivity index (χ0) is 10.3. The van der Waals surface area contributed by atoms with E-state index in [1.165, 1.54) is 6.42 Å². The largest absolute Gasteiger partial charge is 0.329 e. The van der Waals surface area contributed by atoms with E-state index >= 15 is 0 Å². The Hall–Kier alpha value is -1.42. The van der Waals surface area contributed by atoms with Gasteiger partial charge in [0.25, 0.3) is 0 Å². The van der Waals surface area contributed by atoms with Crippen molar-refractivity contribution in [2.45, 2.75) is 24.7 Å². The number of nitrogens with zero attached hydrogens (tertiary/aromatic N) is 3. The van der Waals surface area contributed by atoms with Crippen LogP contribution in [0.3, 0.4) is 0 Å². The first-order valence-corrected chi connectivity index (χ1v) is 5.36. The third-order valence-electron chi connectivity index (χ3n) is 3.49. The molecule has 2 heterocycles. The first kappa shape index (κ1) is 8.85. The zero-order valence-corrected chi connectivity index (χ0v) is 8.56. The maximum Gasteiger partial charge on any atom is 0.160 e. The fraction of sp³-hybridized carbons (Fsp3) is 0.455. The molecule has 1 aliphatic rings. The summed E-state index contributed by atoms with van der Waals surface area (Å²) in [5.74, 6) is 1.03. The Bertz CT molecular complexity index is 479. The second-order valence-electron chi connectivity index (χ2n) is 4.29. The lowest BCUT2D eigenvalue weighted by atomic mass is 9.68. The van der Waals surface area contributed by atoms with Gasteiger partial charge in [0, 0.05) is 18.2 Å². The van der Waals surface area contributed by atoms with Crippen LogP contribution < -0.4 is 5.73 Å². The van der Waals surface area contributed by atoms with Crippen molar-refractivity contribution in [3.63, 3.8) is 0 Å². The minimum Gasteiger partial charge on any atom is -0.329 e. The standard InChI is InChI=1S/C11H14N4/c12-8-11(5-3-6-11)10-14-13-9-4-1-2-7-15(9)10/h1-2,4,7H,3,5-6,8,12H2. The summed E-state index contributed by atoms with van der Waals surface area (Å²) < 4.78 is 2.06. The van der Waals surface area contributed by atoms with E-state index in [2.05, 4.69) is 14.6 Å². The normalized spacial score (nSPS) is 19.0. The summed E-state index contributed by atoms with van der Waals surface area (Å²) in [6.45, 7) is 0.669. The highest BCUT2D eigenvalue weighted by atomic mass is 15.3. The van der Waals surface area contributed by atoms with Crippen LogP contribution in [0.5, 0.6) is 0 Å². The molecule has 0 saturated heterocycles. The third-order valence-corrected chi connectivity index (χ3v) is 3.49. The lowest BCUT2D eigenvalue weighted by molar-refractivity contribution is 0.236. The summed E-state index contributed by atoms with van der Waals surface area (Å²) in [7, 11) is 0. The zero-order valence-electron chi connectivity index (χ0n) is 8.56. The van der Waals surface area contributed by atoms with Crippen LogP contribution in [0.15, 0.2) is 24.4 Å². The predicted octanol–water partition coefficient (Wildman–Crippen LogP) is 1.11. The molecule has 3 rings (SSSR count). The highest BCUT2D eigenvalue weighted by Crippen LogP contribution is 2.41. The highest BCUT2D eigenvalue weighted by molar-refractivity contribution is 5.39. The van der Waals surface area contributed by atoms with Crippen LogP contribution in [0.2, 0.25) is 0 Å². The molecule has 1 aliphatic carbocycles. The lowest BCUT2D eigenvalue weighted by Gasteiger charge is -2.39. The maximum absolute atomic E-state index is 5.87. The number of nitrogens with two attached hydrogens (primary N) is 1. The van der Waals surface area contributed by atoms with E-state index in [9.17, 15) is 0 Å². The van der Waals surface area contributed by atoms with Gasteiger partial charge in [-0.25, -0.2) is 0 Å². The van der Waals surface area contributed by atoms with Gasteiger partial charge in [-0.15, -0.1) is 10.2 Å². The van der Waals surface area contributed by atoms with Crippen LogP contribution >= 0.6 is 0 Å². The van der Waals surface area contributed by atoms with Crippen LogP contribution in [0.25, 0.3) is 5.65 Å². The highest BCUT2D eigenvalue weighted by Gasteiger charge is 2.41. The number of fused-ring (bicyclic) bond motifs is 1. The molecule has 0 bridgehead atoms. The van der Waals surface area contributed by atoms with Gasteiger partial charge in [-0.1, -0.05) is 12.5 Å². The Labute approximate surface area is 88.1 Å². The minimum absolute atomic E-state index is 0.0841. The summed E-state index contributed by atoms with van der Waals surface area (Å²) in [6, 6.07) is 5.95. The summed E-state index contributed by atoms with van der Waals surface area (Å²) in [5, 5.41) is 8.47. The number of rotatable bonds is 2. The van der Waals surface area contributed by atoms with Crippen LogP contribution in [0.4, 0.5) is 0 Å². The van der Waals surface area contributed by atoms with E-state index in [1.807, 2.05) is 24.4 Å². The molecule has 78 valence electrons. The molecule has 4 heteroatoms. The summed E-state index contributed by atoms with van der Waals surface area (Å²) in [5.41, 5.74) is 6.86. The molecule has 0 atom stereocenters. The van der Waals surface area contributed by atoms with Gasteiger partial charge in [-0.05, 0) is 25.0 Å². The number of hydrogen-bond donors (Lipinski definition) is 1. The van der Waals surface area contributed by atoms with Crippen LogP contribution in [-0.4, -0.2) is 21.1 Å². The Morgan fingerprint density at radius 1 is 1.33 bits per heavy atom. The topological polar surface area (TPSA) is 56.2 Å². The van der Waals surface area contributed by atoms with Crippen molar-refractivity contribution in [2.75, 3.05) is 6.54 Å². The van der Waals surface area contributed by atoms with Gasteiger partial charge in [0.2, 0.25) is 0 Å². The van der Waals surface area contributed by atoms with Crippen molar-refractivity contribution in [3.05, 3.63) is 30.2 Å². The number of hydrogen-bond acceptors (Lipinski definition) is 3. The van der Waals surface area contributed by atoms with Gasteiger partial charge in [0.15, 0.2) is 5.65 Å². The van der Waals surface area contributed by atoms with E-state index in [4.69, 9.17) is 5.73 Å². The number of pyridine rings is 1. The fourth-order valence-electron chi connectivity index (χ4n) is 2.33. The molecule has 2 N–H and O–H groups in total. The molecular formula is C11H14N4. The number of aromatic nitrogens is 3. The fourth-order valence-corrected chi connectivity index (χ4v) is 2.33. The lowest BCUT2D eigenvalue weighted by Crippen LogP contribution is -2.43. The Morgan fingerprint density at radius 3 is 2.87 bits per heavy atom. The van der Waals surface area contributed by atoms with Gasteiger partial charge in [0.1, 0.15) is 5.82 Å². The molecule has 15 heavy (non-hydrogen) atoms. The average molecular weight is 202 g/mol. The molecule has 0 aliphatic heterocycles. The molecule has 0 amide bonds. The smallest absolute Gasteiger partial charge is 0.160 e. The van der Waals surface area contributed by atoms with Crippen molar-refractivity contribution in [1.29, 1.82) is 0 Å². The molecule has 0 aromatic carbocycles. The van der Waals surface area contributed by atoms with E-state index < -0.39 is 0 Å². The van der Waals surface area contributed by atoms with E-state index in [0.29, 0.717) is 6.54 Å². The molecule has 0 radical (unpaired) electrons. The monoisotopic (exact) mass is 202 g/mol. The molecule has 0 unspecified atom stereocenters. The minimum atomic E-state index is 0.0841. The Balaban J connectivity index is 2.18. The molecular weight excluding hydrogens is 188 g/mol. The van der Waals surface area contributed by atoms with Gasteiger partial charge in [-0.3, -0.25) is 4.40 Å². The van der Waals surface area contributed by atoms with Gasteiger partial charge in [-0.2, -0.15) is 0 Å². The van der Waals surface area contributed by atoms with E-state index in [-0.39, 0.29) is 5.41 Å². The van der Waals surface area contributed by atoms with Crippen molar-refractivity contribution in [1.82, 2.24) is 14.6 Å². The summed E-state index contributed by atoms with van der Waals surface area (Å²) in [4.78, 5) is 0. The van der Waals surface area contributed by atoms with E-state index in [0.717, 1.165) is 24.3 Å². The van der Waals surface area contributed by atoms with Gasteiger partial charge < -0.3 is 5.73 Å². The van der Waals surface area contributed by atoms with Crippen molar-refractivity contribution in [3.8, 4) is 0 Å². The first-order valence-electron chi connectivity index (χ1n) is 5.36. The molecule has 1 fully saturated rings. The maximum atomic E-state index is 5.87. The quantitative estimate of drug-likeness (QED) is 0.793. The molecule has 2 aromatic rings. The Morgan fingerprint density at radius 2 is 2.20 bits per heavy atom. The van der Waals surface area contributed by atoms with Crippen LogP contribution in [-0.2, 0) is 5.41 Å². The third kappa shape index (κ3) is 1.11. The van der Waals surface area contributed by atoms with Crippen molar-refractivity contribution in [2.24, 2.45) is 5.73 Å². The molecule has 2 aromatic heterocycles. The molecule has 0 spiro atoms. The predicted molar refractivity (Wildman–Crippen MR) is 57.6 cm³/mol. The average Bonchev–Trinajstić information content (AvgIpc) is 2.62. The van der Waals surface area contributed by atoms with Crippen LogP contribution in [0, 0.1) is 0 Å². The first-order chi connectivity index (χ1) is 7.36. The second-order valence-corrected chi connectivity index (χ2v) is 4.29. The summed E-state index contributed by atoms with van der Waals surface area (Å²) in [6.07, 6.45) is 5.54.